The number of amides is 1. The molecule has 0 bridgehead atoms. The number of hydrogen-bond acceptors (Lipinski definition) is 3. The van der Waals surface area contributed by atoms with Crippen molar-refractivity contribution >= 4 is 5.91 Å². The van der Waals surface area contributed by atoms with E-state index in [1.165, 1.54) is 7.11 Å². The number of ether oxygens (including phenoxy) is 1. The average molecular weight is 243 g/mol. The van der Waals surface area contributed by atoms with Gasteiger partial charge in [-0.05, 0) is 5.92 Å². The molecule has 0 saturated carbocycles. The van der Waals surface area contributed by atoms with Crippen molar-refractivity contribution < 1.29 is 27.8 Å². The van der Waals surface area contributed by atoms with Gasteiger partial charge in [0.25, 0.3) is 0 Å². The molecular weight excluding hydrogens is 227 g/mol. The van der Waals surface area contributed by atoms with Crippen molar-refractivity contribution in [3.8, 4) is 0 Å². The lowest BCUT2D eigenvalue weighted by Crippen LogP contribution is -2.41. The number of alkyl halides is 3. The smallest absolute Gasteiger partial charge is 0.384 e. The number of carbonyl (C=O) groups excluding carboxylic acids is 1. The van der Waals surface area contributed by atoms with Gasteiger partial charge in [-0.1, -0.05) is 6.92 Å². The van der Waals surface area contributed by atoms with Crippen molar-refractivity contribution in [2.75, 3.05) is 20.3 Å². The molecule has 4 nitrogen and oxygen atoms in total. The summed E-state index contributed by atoms with van der Waals surface area (Å²) in [6.07, 6.45) is -7.15. The fourth-order valence-corrected chi connectivity index (χ4v) is 1.06. The van der Waals surface area contributed by atoms with Gasteiger partial charge in [-0.25, -0.2) is 0 Å². The van der Waals surface area contributed by atoms with Crippen molar-refractivity contribution in [3.05, 3.63) is 0 Å². The molecule has 0 aromatic carbocycles. The van der Waals surface area contributed by atoms with Crippen molar-refractivity contribution in [2.24, 2.45) is 5.92 Å². The topological polar surface area (TPSA) is 58.6 Å². The van der Waals surface area contributed by atoms with Crippen LogP contribution in [0.5, 0.6) is 0 Å². The van der Waals surface area contributed by atoms with Crippen LogP contribution in [0.25, 0.3) is 0 Å². The van der Waals surface area contributed by atoms with E-state index in [-0.39, 0.29) is 12.3 Å². The first-order valence-corrected chi connectivity index (χ1v) is 4.77. The first kappa shape index (κ1) is 15.2. The monoisotopic (exact) mass is 243 g/mol. The highest BCUT2D eigenvalue weighted by Gasteiger charge is 2.38. The van der Waals surface area contributed by atoms with Gasteiger partial charge in [-0.15, -0.1) is 0 Å². The van der Waals surface area contributed by atoms with Gasteiger partial charge < -0.3 is 15.2 Å². The summed E-state index contributed by atoms with van der Waals surface area (Å²) < 4.78 is 40.4. The normalized spacial score (nSPS) is 15.6. The average Bonchev–Trinajstić information content (AvgIpc) is 2.12. The van der Waals surface area contributed by atoms with E-state index in [1.807, 2.05) is 5.32 Å². The molecule has 0 aromatic heterocycles. The second-order valence-electron chi connectivity index (χ2n) is 3.63. The Hall–Kier alpha value is -0.820. The molecule has 0 aliphatic rings. The van der Waals surface area contributed by atoms with Crippen molar-refractivity contribution in [2.45, 2.75) is 25.6 Å². The maximum atomic E-state index is 11.9. The van der Waals surface area contributed by atoms with Gasteiger partial charge >= 0.3 is 6.18 Å². The minimum Gasteiger partial charge on any atom is -0.384 e. The predicted molar refractivity (Wildman–Crippen MR) is 50.7 cm³/mol. The maximum absolute atomic E-state index is 11.9. The SMILES string of the molecule is COCC(C)CC(=O)NCC(O)C(F)(F)F. The van der Waals surface area contributed by atoms with Gasteiger partial charge in [0.2, 0.25) is 5.91 Å². The highest BCUT2D eigenvalue weighted by molar-refractivity contribution is 5.76. The first-order chi connectivity index (χ1) is 7.27. The molecule has 2 N–H and O–H groups in total. The van der Waals surface area contributed by atoms with E-state index in [1.54, 1.807) is 6.92 Å². The summed E-state index contributed by atoms with van der Waals surface area (Å²) in [7, 11) is 1.47. The van der Waals surface area contributed by atoms with E-state index in [0.717, 1.165) is 0 Å². The van der Waals surface area contributed by atoms with Crippen molar-refractivity contribution in [1.29, 1.82) is 0 Å². The molecule has 96 valence electrons. The molecule has 1 amide bonds. The molecule has 0 heterocycles. The van der Waals surface area contributed by atoms with Crippen LogP contribution in [0.3, 0.4) is 0 Å². The van der Waals surface area contributed by atoms with E-state index in [9.17, 15) is 18.0 Å². The van der Waals surface area contributed by atoms with Crippen LogP contribution in [0, 0.1) is 5.92 Å². The Morgan fingerprint density at radius 3 is 2.50 bits per heavy atom. The fourth-order valence-electron chi connectivity index (χ4n) is 1.06. The molecule has 0 fully saturated rings. The van der Waals surface area contributed by atoms with Crippen LogP contribution in [0.15, 0.2) is 0 Å². The number of nitrogens with one attached hydrogen (secondary N) is 1. The lowest BCUT2D eigenvalue weighted by atomic mass is 10.1. The number of aliphatic hydroxyl groups is 1. The van der Waals surface area contributed by atoms with Gasteiger partial charge in [0.1, 0.15) is 0 Å². The van der Waals surface area contributed by atoms with E-state index in [0.29, 0.717) is 6.61 Å². The number of methoxy groups -OCH3 is 1. The molecule has 7 heteroatoms. The first-order valence-electron chi connectivity index (χ1n) is 4.77. The largest absolute Gasteiger partial charge is 0.416 e. The number of halogens is 3. The minimum atomic E-state index is -4.70. The lowest BCUT2D eigenvalue weighted by Gasteiger charge is -2.16. The molecule has 0 rings (SSSR count). The molecule has 0 aliphatic carbocycles. The summed E-state index contributed by atoms with van der Waals surface area (Å²) in [5.74, 6) is -0.610. The van der Waals surface area contributed by atoms with Crippen molar-refractivity contribution in [3.63, 3.8) is 0 Å². The van der Waals surface area contributed by atoms with E-state index in [4.69, 9.17) is 9.84 Å². The molecule has 0 aromatic rings. The maximum Gasteiger partial charge on any atom is 0.416 e. The Kier molecular flexibility index (Phi) is 6.35. The Balaban J connectivity index is 3.82. The standard InChI is InChI=1S/C9H16F3NO3/c1-6(5-16-2)3-8(15)13-4-7(14)9(10,11)12/h6-7,14H,3-5H2,1-2H3,(H,13,15). The summed E-state index contributed by atoms with van der Waals surface area (Å²) in [4.78, 5) is 11.1. The van der Waals surface area contributed by atoms with E-state index in [2.05, 4.69) is 0 Å². The zero-order chi connectivity index (χ0) is 12.8. The quantitative estimate of drug-likeness (QED) is 0.722. The third-order valence-corrected chi connectivity index (χ3v) is 1.86. The zero-order valence-corrected chi connectivity index (χ0v) is 9.17. The fraction of sp³-hybridized carbons (Fsp3) is 0.889. The van der Waals surface area contributed by atoms with Crippen LogP contribution in [0.1, 0.15) is 13.3 Å². The predicted octanol–water partition coefficient (Wildman–Crippen LogP) is 0.698. The van der Waals surface area contributed by atoms with Crippen LogP contribution in [0.2, 0.25) is 0 Å². The Bertz CT molecular complexity index is 221. The summed E-state index contributed by atoms with van der Waals surface area (Å²) >= 11 is 0. The molecule has 2 atom stereocenters. The second-order valence-corrected chi connectivity index (χ2v) is 3.63. The number of hydrogen-bond donors (Lipinski definition) is 2. The van der Waals surface area contributed by atoms with E-state index < -0.39 is 24.7 Å². The van der Waals surface area contributed by atoms with Gasteiger partial charge in [0.05, 0.1) is 6.54 Å². The lowest BCUT2D eigenvalue weighted by molar-refractivity contribution is -0.201. The zero-order valence-electron chi connectivity index (χ0n) is 9.17. The van der Waals surface area contributed by atoms with E-state index >= 15 is 0 Å². The van der Waals surface area contributed by atoms with Crippen LogP contribution >= 0.6 is 0 Å². The molecule has 0 aliphatic heterocycles. The Morgan fingerprint density at radius 2 is 2.06 bits per heavy atom. The van der Waals surface area contributed by atoms with Crippen LogP contribution in [-0.4, -0.2) is 43.6 Å². The molecule has 0 radical (unpaired) electrons. The number of rotatable bonds is 6. The third kappa shape index (κ3) is 6.62. The molecule has 0 saturated heterocycles. The van der Waals surface area contributed by atoms with Crippen molar-refractivity contribution in [1.82, 2.24) is 5.32 Å². The molecule has 0 spiro atoms. The van der Waals surface area contributed by atoms with Gasteiger partial charge in [-0.2, -0.15) is 13.2 Å². The Morgan fingerprint density at radius 1 is 1.50 bits per heavy atom. The summed E-state index contributed by atoms with van der Waals surface area (Å²) in [6, 6.07) is 0. The summed E-state index contributed by atoms with van der Waals surface area (Å²) in [5, 5.41) is 10.6. The summed E-state index contributed by atoms with van der Waals surface area (Å²) in [5.41, 5.74) is 0. The van der Waals surface area contributed by atoms with Gasteiger partial charge in [0.15, 0.2) is 6.10 Å². The van der Waals surface area contributed by atoms with Crippen LogP contribution < -0.4 is 5.32 Å². The highest BCUT2D eigenvalue weighted by Crippen LogP contribution is 2.19. The van der Waals surface area contributed by atoms with Crippen LogP contribution in [-0.2, 0) is 9.53 Å². The molecular formula is C9H16F3NO3. The minimum absolute atomic E-state index is 0.0679. The number of carbonyl (C=O) groups is 1. The molecule has 16 heavy (non-hydrogen) atoms. The summed E-state index contributed by atoms with van der Waals surface area (Å²) in [6.45, 7) is 1.28. The molecule has 2 unspecified atom stereocenters. The number of aliphatic hydroxyl groups excluding tert-OH is 1. The van der Waals surface area contributed by atoms with Crippen LogP contribution in [0.4, 0.5) is 13.2 Å². The second kappa shape index (κ2) is 6.70. The third-order valence-electron chi connectivity index (χ3n) is 1.86. The Labute approximate surface area is 91.8 Å². The highest BCUT2D eigenvalue weighted by atomic mass is 19.4. The van der Waals surface area contributed by atoms with Gasteiger partial charge in [-0.3, -0.25) is 4.79 Å². The van der Waals surface area contributed by atoms with Gasteiger partial charge in [0, 0.05) is 20.1 Å².